The summed E-state index contributed by atoms with van der Waals surface area (Å²) in [6, 6.07) is 5.23. The number of rotatable bonds is 3. The number of carbonyl (C=O) groups excluding carboxylic acids is 1. The Morgan fingerprint density at radius 2 is 2.00 bits per heavy atom. The Bertz CT molecular complexity index is 1340. The molecule has 0 bridgehead atoms. The van der Waals surface area contributed by atoms with Crippen LogP contribution >= 0.6 is 23.2 Å². The predicted molar refractivity (Wildman–Crippen MR) is 118 cm³/mol. The lowest BCUT2D eigenvalue weighted by Gasteiger charge is -2.19. The summed E-state index contributed by atoms with van der Waals surface area (Å²) in [6.45, 7) is 4.18. The molecule has 8 nitrogen and oxygen atoms in total. The number of hydrogen-bond acceptors (Lipinski definition) is 5. The molecule has 4 aromatic heterocycles. The average molecular weight is 456 g/mol. The maximum absolute atomic E-state index is 13.2. The van der Waals surface area contributed by atoms with Gasteiger partial charge in [0, 0.05) is 36.5 Å². The largest absolute Gasteiger partial charge is 0.324 e. The van der Waals surface area contributed by atoms with Crippen LogP contribution in [-0.4, -0.2) is 35.3 Å². The molecule has 0 aliphatic heterocycles. The molecular formula is C21H19Cl2N7O. The predicted octanol–water partition coefficient (Wildman–Crippen LogP) is 4.24. The maximum atomic E-state index is 13.2. The topological polar surface area (TPSA) is 90.0 Å². The van der Waals surface area contributed by atoms with Gasteiger partial charge in [0.05, 0.1) is 28.5 Å². The van der Waals surface area contributed by atoms with Crippen molar-refractivity contribution in [1.29, 1.82) is 0 Å². The summed E-state index contributed by atoms with van der Waals surface area (Å²) < 4.78 is 3.42. The van der Waals surface area contributed by atoms with Gasteiger partial charge in [-0.1, -0.05) is 37.0 Å². The molecule has 5 rings (SSSR count). The third-order valence-corrected chi connectivity index (χ3v) is 6.07. The van der Waals surface area contributed by atoms with Crippen molar-refractivity contribution < 1.29 is 4.79 Å². The molecule has 0 saturated carbocycles. The quantitative estimate of drug-likeness (QED) is 0.498. The van der Waals surface area contributed by atoms with Crippen LogP contribution in [0.2, 0.25) is 10.2 Å². The minimum Gasteiger partial charge on any atom is -0.324 e. The van der Waals surface area contributed by atoms with Crippen molar-refractivity contribution in [1.82, 2.24) is 29.4 Å². The Kier molecular flexibility index (Phi) is 4.53. The number of pyridine rings is 1. The van der Waals surface area contributed by atoms with Crippen LogP contribution in [0.25, 0.3) is 17.0 Å². The Morgan fingerprint density at radius 1 is 1.19 bits per heavy atom. The van der Waals surface area contributed by atoms with E-state index in [-0.39, 0.29) is 17.2 Å². The normalized spacial score (nSPS) is 17.1. The Morgan fingerprint density at radius 3 is 2.71 bits per heavy atom. The summed E-state index contributed by atoms with van der Waals surface area (Å²) >= 11 is 12.5. The summed E-state index contributed by atoms with van der Waals surface area (Å²) in [5.41, 5.74) is 3.95. The van der Waals surface area contributed by atoms with Crippen molar-refractivity contribution in [2.75, 3.05) is 5.32 Å². The highest BCUT2D eigenvalue weighted by molar-refractivity contribution is 6.33. The first-order valence-corrected chi connectivity index (χ1v) is 10.5. The van der Waals surface area contributed by atoms with Crippen LogP contribution in [0, 0.1) is 0 Å². The monoisotopic (exact) mass is 455 g/mol. The fourth-order valence-electron chi connectivity index (χ4n) is 4.27. The van der Waals surface area contributed by atoms with Crippen LogP contribution < -0.4 is 5.32 Å². The van der Waals surface area contributed by atoms with Gasteiger partial charge in [-0.2, -0.15) is 10.2 Å². The molecule has 10 heteroatoms. The lowest BCUT2D eigenvalue weighted by atomic mass is 9.88. The standard InChI is InChI=1S/C21H19Cl2N7O/c1-21(2)8-12(13-10-24-17-7-16(23)28-30(17)19(13)21)20(31)26-11-6-14(22)18(25-9-11)15-4-5-29(3)27-15/h4-7,9-10,12H,8H2,1-3H3,(H,26,31)/t12-/m1/s1. The Hall–Kier alpha value is -2.97. The van der Waals surface area contributed by atoms with E-state index in [0.29, 0.717) is 39.3 Å². The molecular weight excluding hydrogens is 437 g/mol. The van der Waals surface area contributed by atoms with E-state index in [1.165, 1.54) is 0 Å². The number of carbonyl (C=O) groups is 1. The van der Waals surface area contributed by atoms with E-state index in [1.807, 2.05) is 19.3 Å². The number of fused-ring (bicyclic) bond motifs is 3. The number of nitrogens with one attached hydrogen (secondary N) is 1. The number of amides is 1. The van der Waals surface area contributed by atoms with E-state index in [1.54, 1.807) is 33.7 Å². The van der Waals surface area contributed by atoms with E-state index in [9.17, 15) is 4.79 Å². The van der Waals surface area contributed by atoms with Gasteiger partial charge in [0.1, 0.15) is 11.4 Å². The van der Waals surface area contributed by atoms with Gasteiger partial charge in [0.2, 0.25) is 5.91 Å². The van der Waals surface area contributed by atoms with Crippen LogP contribution in [0.5, 0.6) is 0 Å². The van der Waals surface area contributed by atoms with Crippen molar-refractivity contribution >= 4 is 40.4 Å². The van der Waals surface area contributed by atoms with Gasteiger partial charge in [-0.05, 0) is 18.6 Å². The average Bonchev–Trinajstić information content (AvgIpc) is 3.36. The molecule has 4 heterocycles. The zero-order valence-electron chi connectivity index (χ0n) is 17.1. The fraction of sp³-hybridized carbons (Fsp3) is 0.286. The van der Waals surface area contributed by atoms with Gasteiger partial charge in [-0.15, -0.1) is 0 Å². The molecule has 31 heavy (non-hydrogen) atoms. The molecule has 0 saturated heterocycles. The first-order valence-electron chi connectivity index (χ1n) is 9.74. The van der Waals surface area contributed by atoms with Crippen molar-refractivity contribution in [3.63, 3.8) is 0 Å². The number of halogens is 2. The summed E-state index contributed by atoms with van der Waals surface area (Å²) in [7, 11) is 1.83. The van der Waals surface area contributed by atoms with Crippen LogP contribution in [-0.2, 0) is 17.3 Å². The number of aromatic nitrogens is 6. The minimum absolute atomic E-state index is 0.144. The smallest absolute Gasteiger partial charge is 0.232 e. The molecule has 1 amide bonds. The fourth-order valence-corrected chi connectivity index (χ4v) is 4.70. The summed E-state index contributed by atoms with van der Waals surface area (Å²) in [4.78, 5) is 22.0. The lowest BCUT2D eigenvalue weighted by molar-refractivity contribution is -0.117. The van der Waals surface area contributed by atoms with Crippen LogP contribution in [0.15, 0.2) is 36.8 Å². The second-order valence-electron chi connectivity index (χ2n) is 8.36. The summed E-state index contributed by atoms with van der Waals surface area (Å²) in [6.07, 6.45) is 5.78. The molecule has 0 spiro atoms. The highest BCUT2D eigenvalue weighted by Crippen LogP contribution is 2.46. The molecule has 0 aromatic carbocycles. The molecule has 1 atom stereocenters. The van der Waals surface area contributed by atoms with Gasteiger partial charge < -0.3 is 5.32 Å². The first kappa shape index (κ1) is 20.0. The summed E-state index contributed by atoms with van der Waals surface area (Å²) in [5.74, 6) is -0.520. The van der Waals surface area contributed by atoms with Gasteiger partial charge in [-0.25, -0.2) is 9.50 Å². The van der Waals surface area contributed by atoms with Crippen LogP contribution in [0.3, 0.4) is 0 Å². The molecule has 0 radical (unpaired) electrons. The van der Waals surface area contributed by atoms with Gasteiger partial charge in [0.15, 0.2) is 10.8 Å². The zero-order chi connectivity index (χ0) is 21.9. The van der Waals surface area contributed by atoms with Crippen molar-refractivity contribution in [2.45, 2.75) is 31.6 Å². The van der Waals surface area contributed by atoms with E-state index in [2.05, 4.69) is 39.3 Å². The van der Waals surface area contributed by atoms with Crippen LogP contribution in [0.4, 0.5) is 5.69 Å². The highest BCUT2D eigenvalue weighted by Gasteiger charge is 2.43. The molecule has 1 N–H and O–H groups in total. The molecule has 1 aliphatic carbocycles. The molecule has 0 fully saturated rings. The third-order valence-electron chi connectivity index (χ3n) is 5.59. The van der Waals surface area contributed by atoms with E-state index in [0.717, 1.165) is 11.3 Å². The number of nitrogens with zero attached hydrogens (tertiary/aromatic N) is 6. The van der Waals surface area contributed by atoms with Gasteiger partial charge in [0.25, 0.3) is 0 Å². The van der Waals surface area contributed by atoms with Crippen molar-refractivity contribution in [3.8, 4) is 11.4 Å². The first-order chi connectivity index (χ1) is 14.7. The Balaban J connectivity index is 1.44. The lowest BCUT2D eigenvalue weighted by Crippen LogP contribution is -2.21. The van der Waals surface area contributed by atoms with E-state index >= 15 is 0 Å². The second-order valence-corrected chi connectivity index (χ2v) is 9.15. The maximum Gasteiger partial charge on any atom is 0.232 e. The zero-order valence-corrected chi connectivity index (χ0v) is 18.6. The number of anilines is 1. The van der Waals surface area contributed by atoms with Crippen LogP contribution in [0.1, 0.15) is 37.4 Å². The Labute approximate surface area is 188 Å². The van der Waals surface area contributed by atoms with Crippen molar-refractivity contribution in [3.05, 3.63) is 58.2 Å². The highest BCUT2D eigenvalue weighted by atomic mass is 35.5. The molecule has 158 valence electrons. The number of hydrogen-bond donors (Lipinski definition) is 1. The molecule has 1 aliphatic rings. The van der Waals surface area contributed by atoms with Crippen molar-refractivity contribution in [2.24, 2.45) is 7.05 Å². The summed E-state index contributed by atoms with van der Waals surface area (Å²) in [5, 5.41) is 12.4. The molecule has 0 unspecified atom stereocenters. The SMILES string of the molecule is Cn1ccc(-c2ncc(NC(=O)[C@@H]3CC(C)(C)c4c3cnc3cc(Cl)nn43)cc2Cl)n1. The third kappa shape index (κ3) is 3.36. The van der Waals surface area contributed by atoms with Gasteiger partial charge >= 0.3 is 0 Å². The van der Waals surface area contributed by atoms with E-state index < -0.39 is 0 Å². The number of aryl methyl sites for hydroxylation is 1. The molecule has 4 aromatic rings. The second kappa shape index (κ2) is 7.03. The van der Waals surface area contributed by atoms with Gasteiger partial charge in [-0.3, -0.25) is 14.5 Å². The van der Waals surface area contributed by atoms with E-state index in [4.69, 9.17) is 23.2 Å². The minimum atomic E-state index is -0.376.